The number of aromatic nitrogens is 1. The number of hydrogen-bond acceptors (Lipinski definition) is 2. The van der Waals surface area contributed by atoms with Gasteiger partial charge in [-0.05, 0) is 31.0 Å². The predicted octanol–water partition coefficient (Wildman–Crippen LogP) is 3.23. The average Bonchev–Trinajstić information content (AvgIpc) is 2.28. The number of aromatic amines is 1. The van der Waals surface area contributed by atoms with Crippen LogP contribution in [0.1, 0.15) is 25.3 Å². The van der Waals surface area contributed by atoms with E-state index >= 15 is 0 Å². The first-order valence-electron chi connectivity index (χ1n) is 5.67. The van der Waals surface area contributed by atoms with Crippen LogP contribution in [0, 0.1) is 0 Å². The molecule has 0 unspecified atom stereocenters. The molecule has 2 rings (SSSR count). The van der Waals surface area contributed by atoms with Crippen LogP contribution in [-0.4, -0.2) is 10.1 Å². The van der Waals surface area contributed by atoms with Gasteiger partial charge in [0, 0.05) is 10.4 Å². The van der Waals surface area contributed by atoms with Gasteiger partial charge < -0.3 is 10.1 Å². The highest BCUT2D eigenvalue weighted by Crippen LogP contribution is 2.27. The molecule has 0 radical (unpaired) electrons. The lowest BCUT2D eigenvalue weighted by Crippen LogP contribution is -2.12. The number of fused-ring (bicyclic) bond motifs is 1. The number of aromatic hydroxyl groups is 1. The number of H-pyrrole nitrogens is 1. The second-order valence-corrected chi connectivity index (χ2v) is 4.51. The molecule has 90 valence electrons. The van der Waals surface area contributed by atoms with Gasteiger partial charge in [-0.1, -0.05) is 24.9 Å². The first-order valence-corrected chi connectivity index (χ1v) is 6.04. The third kappa shape index (κ3) is 2.29. The summed E-state index contributed by atoms with van der Waals surface area (Å²) in [7, 11) is 0. The first-order chi connectivity index (χ1) is 8.13. The molecule has 0 bridgehead atoms. The van der Waals surface area contributed by atoms with Crippen molar-refractivity contribution in [2.45, 2.75) is 26.2 Å². The highest BCUT2D eigenvalue weighted by molar-refractivity contribution is 6.31. The topological polar surface area (TPSA) is 53.1 Å². The minimum Gasteiger partial charge on any atom is -0.507 e. The smallest absolute Gasteiger partial charge is 0.255 e. The SMILES string of the molecule is CCCCc1c(O)c2ccc(Cl)cc2[nH]c1=O. The Hall–Kier alpha value is -1.48. The molecule has 0 saturated carbocycles. The van der Waals surface area contributed by atoms with Crippen LogP contribution < -0.4 is 5.56 Å². The highest BCUT2D eigenvalue weighted by atomic mass is 35.5. The largest absolute Gasteiger partial charge is 0.507 e. The van der Waals surface area contributed by atoms with Crippen molar-refractivity contribution in [1.82, 2.24) is 4.98 Å². The molecule has 0 aliphatic heterocycles. The van der Waals surface area contributed by atoms with Crippen LogP contribution in [0.4, 0.5) is 0 Å². The second kappa shape index (κ2) is 4.80. The van der Waals surface area contributed by atoms with Gasteiger partial charge in [0.2, 0.25) is 0 Å². The van der Waals surface area contributed by atoms with Crippen molar-refractivity contribution >= 4 is 22.5 Å². The van der Waals surface area contributed by atoms with E-state index in [-0.39, 0.29) is 11.3 Å². The molecule has 3 nitrogen and oxygen atoms in total. The monoisotopic (exact) mass is 251 g/mol. The van der Waals surface area contributed by atoms with Crippen molar-refractivity contribution in [3.05, 3.63) is 39.1 Å². The summed E-state index contributed by atoms with van der Waals surface area (Å²) in [6.07, 6.45) is 2.46. The zero-order chi connectivity index (χ0) is 12.4. The van der Waals surface area contributed by atoms with E-state index in [2.05, 4.69) is 4.98 Å². The molecule has 0 spiro atoms. The van der Waals surface area contributed by atoms with Crippen LogP contribution in [0.3, 0.4) is 0 Å². The third-order valence-electron chi connectivity index (χ3n) is 2.83. The second-order valence-electron chi connectivity index (χ2n) is 4.07. The highest BCUT2D eigenvalue weighted by Gasteiger charge is 2.11. The van der Waals surface area contributed by atoms with E-state index in [0.29, 0.717) is 27.9 Å². The van der Waals surface area contributed by atoms with Crippen molar-refractivity contribution in [3.8, 4) is 5.75 Å². The Balaban J connectivity index is 2.63. The van der Waals surface area contributed by atoms with E-state index in [4.69, 9.17) is 11.6 Å². The maximum atomic E-state index is 11.8. The molecule has 1 aromatic carbocycles. The molecule has 0 aliphatic carbocycles. The van der Waals surface area contributed by atoms with Crippen molar-refractivity contribution in [2.75, 3.05) is 0 Å². The molecule has 2 N–H and O–H groups in total. The Bertz CT molecular complexity index is 604. The molecule has 0 atom stereocenters. The minimum absolute atomic E-state index is 0.0777. The molecule has 2 aromatic rings. The summed E-state index contributed by atoms with van der Waals surface area (Å²) in [5, 5.41) is 11.3. The molecule has 17 heavy (non-hydrogen) atoms. The maximum absolute atomic E-state index is 11.8. The number of halogens is 1. The average molecular weight is 252 g/mol. The van der Waals surface area contributed by atoms with Gasteiger partial charge in [-0.3, -0.25) is 4.79 Å². The molecule has 0 saturated heterocycles. The van der Waals surface area contributed by atoms with E-state index in [9.17, 15) is 9.90 Å². The maximum Gasteiger partial charge on any atom is 0.255 e. The van der Waals surface area contributed by atoms with Crippen molar-refractivity contribution in [3.63, 3.8) is 0 Å². The van der Waals surface area contributed by atoms with Gasteiger partial charge in [-0.2, -0.15) is 0 Å². The normalized spacial score (nSPS) is 10.9. The van der Waals surface area contributed by atoms with E-state index in [1.165, 1.54) is 0 Å². The van der Waals surface area contributed by atoms with Crippen molar-refractivity contribution in [2.24, 2.45) is 0 Å². The molecular weight excluding hydrogens is 238 g/mol. The van der Waals surface area contributed by atoms with Gasteiger partial charge in [-0.25, -0.2) is 0 Å². The van der Waals surface area contributed by atoms with E-state index in [1.807, 2.05) is 6.92 Å². The van der Waals surface area contributed by atoms with Gasteiger partial charge in [0.25, 0.3) is 5.56 Å². The standard InChI is InChI=1S/C13H14ClNO2/c1-2-3-4-10-12(16)9-6-5-8(14)7-11(9)15-13(10)17/h5-7H,2-4H2,1H3,(H2,15,16,17). The van der Waals surface area contributed by atoms with Crippen molar-refractivity contribution < 1.29 is 5.11 Å². The Morgan fingerprint density at radius 2 is 2.18 bits per heavy atom. The van der Waals surface area contributed by atoms with Gasteiger partial charge >= 0.3 is 0 Å². The minimum atomic E-state index is -0.231. The zero-order valence-electron chi connectivity index (χ0n) is 9.59. The molecule has 0 fully saturated rings. The lowest BCUT2D eigenvalue weighted by atomic mass is 10.1. The Labute approximate surface area is 104 Å². The Kier molecular flexibility index (Phi) is 3.38. The number of unbranched alkanes of at least 4 members (excludes halogenated alkanes) is 1. The van der Waals surface area contributed by atoms with E-state index in [1.54, 1.807) is 18.2 Å². The number of pyridine rings is 1. The van der Waals surface area contributed by atoms with Crippen LogP contribution in [0.5, 0.6) is 5.75 Å². The lowest BCUT2D eigenvalue weighted by molar-refractivity contribution is 0.471. The molecule has 1 aromatic heterocycles. The Morgan fingerprint density at radius 3 is 2.88 bits per heavy atom. The zero-order valence-corrected chi connectivity index (χ0v) is 10.3. The van der Waals surface area contributed by atoms with E-state index in [0.717, 1.165) is 12.8 Å². The summed E-state index contributed by atoms with van der Waals surface area (Å²) in [5.41, 5.74) is 0.799. The molecule has 0 aliphatic rings. The summed E-state index contributed by atoms with van der Waals surface area (Å²) in [5.74, 6) is 0.0777. The third-order valence-corrected chi connectivity index (χ3v) is 3.06. The van der Waals surface area contributed by atoms with Crippen LogP contribution >= 0.6 is 11.6 Å². The number of rotatable bonds is 3. The van der Waals surface area contributed by atoms with Gasteiger partial charge in [-0.15, -0.1) is 0 Å². The fraction of sp³-hybridized carbons (Fsp3) is 0.308. The van der Waals surface area contributed by atoms with Gasteiger partial charge in [0.1, 0.15) is 5.75 Å². The molecule has 0 amide bonds. The lowest BCUT2D eigenvalue weighted by Gasteiger charge is -2.07. The van der Waals surface area contributed by atoms with Crippen LogP contribution in [0.15, 0.2) is 23.0 Å². The summed E-state index contributed by atoms with van der Waals surface area (Å²) < 4.78 is 0. The fourth-order valence-corrected chi connectivity index (χ4v) is 2.05. The summed E-state index contributed by atoms with van der Waals surface area (Å²) >= 11 is 5.84. The quantitative estimate of drug-likeness (QED) is 0.880. The Morgan fingerprint density at radius 1 is 1.41 bits per heavy atom. The molecular formula is C13H14ClNO2. The number of benzene rings is 1. The van der Waals surface area contributed by atoms with E-state index < -0.39 is 0 Å². The predicted molar refractivity (Wildman–Crippen MR) is 69.9 cm³/mol. The number of hydrogen-bond donors (Lipinski definition) is 2. The summed E-state index contributed by atoms with van der Waals surface area (Å²) in [6, 6.07) is 5.06. The molecule has 1 heterocycles. The fourth-order valence-electron chi connectivity index (χ4n) is 1.88. The summed E-state index contributed by atoms with van der Waals surface area (Å²) in [4.78, 5) is 14.6. The van der Waals surface area contributed by atoms with Crippen LogP contribution in [0.2, 0.25) is 5.02 Å². The first kappa shape index (κ1) is 12.0. The van der Waals surface area contributed by atoms with Gasteiger partial charge in [0.05, 0.1) is 11.1 Å². The van der Waals surface area contributed by atoms with Gasteiger partial charge in [0.15, 0.2) is 0 Å². The summed E-state index contributed by atoms with van der Waals surface area (Å²) in [6.45, 7) is 2.05. The van der Waals surface area contributed by atoms with Crippen molar-refractivity contribution in [1.29, 1.82) is 0 Å². The van der Waals surface area contributed by atoms with Crippen LogP contribution in [-0.2, 0) is 6.42 Å². The molecule has 4 heteroatoms. The number of nitrogens with one attached hydrogen (secondary N) is 1. The van der Waals surface area contributed by atoms with Crippen LogP contribution in [0.25, 0.3) is 10.9 Å².